The van der Waals surface area contributed by atoms with E-state index in [1.54, 1.807) is 24.3 Å². The summed E-state index contributed by atoms with van der Waals surface area (Å²) in [5.41, 5.74) is 1.53. The molecule has 0 amide bonds. The van der Waals surface area contributed by atoms with Crippen molar-refractivity contribution in [3.8, 4) is 0 Å². The van der Waals surface area contributed by atoms with Crippen molar-refractivity contribution < 1.29 is 12.6 Å². The third kappa shape index (κ3) is 4.20. The van der Waals surface area contributed by atoms with E-state index in [1.807, 2.05) is 6.92 Å². The van der Waals surface area contributed by atoms with E-state index in [9.17, 15) is 8.42 Å². The summed E-state index contributed by atoms with van der Waals surface area (Å²) in [5.74, 6) is 0. The summed E-state index contributed by atoms with van der Waals surface area (Å²) in [6.45, 7) is 1.72. The second-order valence-electron chi connectivity index (χ2n) is 4.39. The highest BCUT2D eigenvalue weighted by atomic mass is 79.9. The van der Waals surface area contributed by atoms with Crippen molar-refractivity contribution in [3.05, 3.63) is 62.0 Å². The van der Waals surface area contributed by atoms with Gasteiger partial charge in [-0.1, -0.05) is 40.9 Å². The van der Waals surface area contributed by atoms with Crippen LogP contribution >= 0.6 is 39.1 Å². The monoisotopic (exact) mass is 408 g/mol. The minimum atomic E-state index is -3.82. The van der Waals surface area contributed by atoms with Crippen LogP contribution < -0.4 is 0 Å². The standard InChI is InChI=1S/C14H11BrCl2O3S/c1-9-2-4-12(5-3-9)21(18,19)20-8-10-6-11(16)7-13(17)14(10)15/h2-7H,8H2,1H3. The maximum Gasteiger partial charge on any atom is 0.297 e. The fourth-order valence-corrected chi connectivity index (χ4v) is 3.39. The van der Waals surface area contributed by atoms with E-state index in [1.165, 1.54) is 12.1 Å². The third-order valence-corrected chi connectivity index (χ3v) is 5.71. The highest BCUT2D eigenvalue weighted by Gasteiger charge is 2.16. The van der Waals surface area contributed by atoms with Crippen LogP contribution in [0.25, 0.3) is 0 Å². The second-order valence-corrected chi connectivity index (χ2v) is 7.64. The van der Waals surface area contributed by atoms with Gasteiger partial charge in [0.2, 0.25) is 0 Å². The summed E-state index contributed by atoms with van der Waals surface area (Å²) in [5, 5.41) is 0.809. The van der Waals surface area contributed by atoms with Crippen LogP contribution in [0, 0.1) is 6.92 Å². The Hall–Kier alpha value is -0.590. The van der Waals surface area contributed by atoms with Crippen molar-refractivity contribution in [1.82, 2.24) is 0 Å². The molecule has 0 spiro atoms. The summed E-state index contributed by atoms with van der Waals surface area (Å²) in [6.07, 6.45) is 0. The lowest BCUT2D eigenvalue weighted by Gasteiger charge is -2.09. The lowest BCUT2D eigenvalue weighted by molar-refractivity contribution is 0.307. The molecule has 0 atom stereocenters. The van der Waals surface area contributed by atoms with Gasteiger partial charge in [-0.2, -0.15) is 8.42 Å². The third-order valence-electron chi connectivity index (χ3n) is 2.75. The second kappa shape index (κ2) is 6.67. The van der Waals surface area contributed by atoms with Crippen LogP contribution in [0.3, 0.4) is 0 Å². The van der Waals surface area contributed by atoms with Crippen LogP contribution in [0.5, 0.6) is 0 Å². The maximum atomic E-state index is 12.1. The predicted octanol–water partition coefficient (Wildman–Crippen LogP) is 4.97. The summed E-state index contributed by atoms with van der Waals surface area (Å²) in [4.78, 5) is 0.109. The molecule has 0 unspecified atom stereocenters. The molecule has 0 saturated heterocycles. The van der Waals surface area contributed by atoms with Crippen LogP contribution in [0.15, 0.2) is 45.8 Å². The quantitative estimate of drug-likeness (QED) is 0.528. The SMILES string of the molecule is Cc1ccc(S(=O)(=O)OCc2cc(Cl)cc(Cl)c2Br)cc1. The van der Waals surface area contributed by atoms with Gasteiger partial charge in [-0.05, 0) is 52.7 Å². The lowest BCUT2D eigenvalue weighted by atomic mass is 10.2. The van der Waals surface area contributed by atoms with E-state index < -0.39 is 10.1 Å². The molecule has 0 heterocycles. The van der Waals surface area contributed by atoms with E-state index in [0.29, 0.717) is 20.1 Å². The molecule has 2 aromatic carbocycles. The number of halogens is 3. The zero-order valence-electron chi connectivity index (χ0n) is 10.9. The summed E-state index contributed by atoms with van der Waals surface area (Å²) in [7, 11) is -3.82. The Morgan fingerprint density at radius 1 is 1.14 bits per heavy atom. The molecule has 0 saturated carbocycles. The highest BCUT2D eigenvalue weighted by Crippen LogP contribution is 2.31. The van der Waals surface area contributed by atoms with Crippen molar-refractivity contribution in [2.75, 3.05) is 0 Å². The van der Waals surface area contributed by atoms with Gasteiger partial charge in [-0.25, -0.2) is 0 Å². The van der Waals surface area contributed by atoms with Gasteiger partial charge in [0.1, 0.15) is 0 Å². The molecule has 0 aliphatic rings. The van der Waals surface area contributed by atoms with Crippen LogP contribution in [0.4, 0.5) is 0 Å². The first-order chi connectivity index (χ1) is 9.79. The molecule has 3 nitrogen and oxygen atoms in total. The van der Waals surface area contributed by atoms with E-state index >= 15 is 0 Å². The molecule has 0 aliphatic heterocycles. The number of aryl methyl sites for hydroxylation is 1. The molecule has 0 fully saturated rings. The Morgan fingerprint density at radius 2 is 1.76 bits per heavy atom. The number of hydrogen-bond acceptors (Lipinski definition) is 3. The van der Waals surface area contributed by atoms with Gasteiger partial charge in [-0.15, -0.1) is 0 Å². The van der Waals surface area contributed by atoms with Crippen LogP contribution in [-0.4, -0.2) is 8.42 Å². The van der Waals surface area contributed by atoms with E-state index in [0.717, 1.165) is 5.56 Å². The topological polar surface area (TPSA) is 43.4 Å². The van der Waals surface area contributed by atoms with Gasteiger partial charge < -0.3 is 0 Å². The van der Waals surface area contributed by atoms with Gasteiger partial charge in [0, 0.05) is 9.50 Å². The molecule has 2 rings (SSSR count). The van der Waals surface area contributed by atoms with E-state index in [-0.39, 0.29) is 11.5 Å². The zero-order valence-corrected chi connectivity index (χ0v) is 14.9. The normalized spacial score (nSPS) is 11.6. The molecule has 0 aliphatic carbocycles. The first-order valence-corrected chi connectivity index (χ1v) is 8.85. The first-order valence-electron chi connectivity index (χ1n) is 5.89. The van der Waals surface area contributed by atoms with E-state index in [2.05, 4.69) is 15.9 Å². The van der Waals surface area contributed by atoms with Gasteiger partial charge in [0.05, 0.1) is 16.5 Å². The Bertz CT molecular complexity index is 759. The number of benzene rings is 2. The molecule has 0 bridgehead atoms. The van der Waals surface area contributed by atoms with Crippen molar-refractivity contribution in [2.45, 2.75) is 18.4 Å². The van der Waals surface area contributed by atoms with Gasteiger partial charge in [0.15, 0.2) is 0 Å². The average Bonchev–Trinajstić information content (AvgIpc) is 2.42. The van der Waals surface area contributed by atoms with Crippen LogP contribution in [0.1, 0.15) is 11.1 Å². The van der Waals surface area contributed by atoms with Crippen LogP contribution in [-0.2, 0) is 20.9 Å². The lowest BCUT2D eigenvalue weighted by Crippen LogP contribution is -2.07. The molecular formula is C14H11BrCl2O3S. The van der Waals surface area contributed by atoms with Gasteiger partial charge in [0.25, 0.3) is 10.1 Å². The first kappa shape index (κ1) is 16.8. The largest absolute Gasteiger partial charge is 0.297 e. The smallest absolute Gasteiger partial charge is 0.262 e. The Kier molecular flexibility index (Phi) is 5.33. The Morgan fingerprint density at radius 3 is 2.38 bits per heavy atom. The van der Waals surface area contributed by atoms with Crippen LogP contribution in [0.2, 0.25) is 10.0 Å². The zero-order chi connectivity index (χ0) is 15.6. The molecule has 2 aromatic rings. The molecule has 112 valence electrons. The fraction of sp³-hybridized carbons (Fsp3) is 0.143. The molecule has 7 heteroatoms. The van der Waals surface area contributed by atoms with Gasteiger partial charge >= 0.3 is 0 Å². The summed E-state index contributed by atoms with van der Waals surface area (Å²) >= 11 is 15.1. The fourth-order valence-electron chi connectivity index (χ4n) is 1.63. The number of rotatable bonds is 4. The molecule has 0 aromatic heterocycles. The predicted molar refractivity (Wildman–Crippen MR) is 87.3 cm³/mol. The average molecular weight is 410 g/mol. The minimum Gasteiger partial charge on any atom is -0.262 e. The number of hydrogen-bond donors (Lipinski definition) is 0. The van der Waals surface area contributed by atoms with Crippen molar-refractivity contribution >= 4 is 49.2 Å². The molecule has 0 N–H and O–H groups in total. The molecule has 21 heavy (non-hydrogen) atoms. The van der Waals surface area contributed by atoms with Gasteiger partial charge in [-0.3, -0.25) is 4.18 Å². The molecule has 0 radical (unpaired) electrons. The van der Waals surface area contributed by atoms with Crippen molar-refractivity contribution in [2.24, 2.45) is 0 Å². The Balaban J connectivity index is 2.21. The summed E-state index contributed by atoms with van der Waals surface area (Å²) < 4.78 is 29.8. The van der Waals surface area contributed by atoms with Crippen molar-refractivity contribution in [3.63, 3.8) is 0 Å². The summed E-state index contributed by atoms with van der Waals surface area (Å²) in [6, 6.07) is 9.59. The van der Waals surface area contributed by atoms with Crippen molar-refractivity contribution in [1.29, 1.82) is 0 Å². The molecular weight excluding hydrogens is 399 g/mol. The Labute approximate surface area is 142 Å². The maximum absolute atomic E-state index is 12.1. The van der Waals surface area contributed by atoms with E-state index in [4.69, 9.17) is 27.4 Å². The minimum absolute atomic E-state index is 0.109. The highest BCUT2D eigenvalue weighted by molar-refractivity contribution is 9.10.